The highest BCUT2D eigenvalue weighted by Crippen LogP contribution is 2.12. The number of rotatable bonds is 2. The molecule has 2 nitrogen and oxygen atoms in total. The Morgan fingerprint density at radius 3 is 2.07 bits per heavy atom. The van der Waals surface area contributed by atoms with Crippen molar-refractivity contribution >= 4 is 5.91 Å². The predicted octanol–water partition coefficient (Wildman–Crippen LogP) is 3.22. The van der Waals surface area contributed by atoms with Gasteiger partial charge < -0.3 is 5.32 Å². The number of carbonyl (C=O) groups excluding carboxylic acids is 1. The lowest BCUT2D eigenvalue weighted by atomic mass is 10.1. The third-order valence-corrected chi connectivity index (χ3v) is 2.00. The molecule has 1 atom stereocenters. The molecule has 15 heavy (non-hydrogen) atoms. The van der Waals surface area contributed by atoms with Crippen LogP contribution in [0.2, 0.25) is 0 Å². The minimum atomic E-state index is 0.00748. The minimum Gasteiger partial charge on any atom is -0.350 e. The van der Waals surface area contributed by atoms with E-state index in [-0.39, 0.29) is 11.9 Å². The van der Waals surface area contributed by atoms with Crippen molar-refractivity contribution in [3.63, 3.8) is 0 Å². The Bertz CT molecular complexity index is 290. The Labute approximate surface area is 92.7 Å². The molecular weight excluding hydrogens is 186 g/mol. The summed E-state index contributed by atoms with van der Waals surface area (Å²) in [6, 6.07) is 8.27. The molecule has 1 aromatic carbocycles. The second kappa shape index (κ2) is 7.04. The summed E-state index contributed by atoms with van der Waals surface area (Å²) in [6.07, 6.45) is 0. The molecule has 0 radical (unpaired) electrons. The predicted molar refractivity (Wildman–Crippen MR) is 64.8 cm³/mol. The van der Waals surface area contributed by atoms with E-state index in [0.717, 1.165) is 5.56 Å². The van der Waals surface area contributed by atoms with E-state index in [0.29, 0.717) is 0 Å². The average Bonchev–Trinajstić information content (AvgIpc) is 2.20. The molecule has 1 unspecified atom stereocenters. The van der Waals surface area contributed by atoms with Crippen molar-refractivity contribution < 1.29 is 4.79 Å². The molecule has 0 bridgehead atoms. The lowest BCUT2D eigenvalue weighted by Gasteiger charge is -2.12. The maximum Gasteiger partial charge on any atom is 0.217 e. The summed E-state index contributed by atoms with van der Waals surface area (Å²) in [5.41, 5.74) is 2.37. The normalized spacial score (nSPS) is 11.0. The monoisotopic (exact) mass is 207 g/mol. The number of carbonyl (C=O) groups is 1. The molecule has 0 spiro atoms. The van der Waals surface area contributed by atoms with Gasteiger partial charge in [-0.3, -0.25) is 4.79 Å². The molecule has 0 heterocycles. The summed E-state index contributed by atoms with van der Waals surface area (Å²) in [6.45, 7) is 9.56. The van der Waals surface area contributed by atoms with Crippen molar-refractivity contribution in [3.8, 4) is 0 Å². The first kappa shape index (κ1) is 13.7. The van der Waals surface area contributed by atoms with Crippen LogP contribution < -0.4 is 5.32 Å². The highest BCUT2D eigenvalue weighted by Gasteiger charge is 2.04. The minimum absolute atomic E-state index is 0.00748. The van der Waals surface area contributed by atoms with Gasteiger partial charge in [-0.2, -0.15) is 0 Å². The van der Waals surface area contributed by atoms with Crippen LogP contribution in [0.25, 0.3) is 0 Å². The van der Waals surface area contributed by atoms with Gasteiger partial charge in [0.2, 0.25) is 5.91 Å². The summed E-state index contributed by atoms with van der Waals surface area (Å²) >= 11 is 0. The highest BCUT2D eigenvalue weighted by molar-refractivity contribution is 5.73. The zero-order valence-electron chi connectivity index (χ0n) is 10.3. The zero-order valence-corrected chi connectivity index (χ0v) is 10.3. The number of hydrogen-bond acceptors (Lipinski definition) is 1. The van der Waals surface area contributed by atoms with Crippen molar-refractivity contribution in [3.05, 3.63) is 35.4 Å². The van der Waals surface area contributed by atoms with Crippen molar-refractivity contribution in [2.75, 3.05) is 0 Å². The number of nitrogens with one attached hydrogen (secondary N) is 1. The average molecular weight is 207 g/mol. The fraction of sp³-hybridized carbons (Fsp3) is 0.462. The van der Waals surface area contributed by atoms with Crippen molar-refractivity contribution in [1.82, 2.24) is 5.32 Å². The van der Waals surface area contributed by atoms with E-state index >= 15 is 0 Å². The summed E-state index contributed by atoms with van der Waals surface area (Å²) < 4.78 is 0. The molecule has 0 aliphatic heterocycles. The van der Waals surface area contributed by atoms with Crippen LogP contribution >= 0.6 is 0 Å². The molecule has 0 fully saturated rings. The maximum atomic E-state index is 10.8. The van der Waals surface area contributed by atoms with Crippen LogP contribution in [0.1, 0.15) is 44.9 Å². The fourth-order valence-corrected chi connectivity index (χ4v) is 1.24. The van der Waals surface area contributed by atoms with Gasteiger partial charge in [0.05, 0.1) is 6.04 Å². The Morgan fingerprint density at radius 2 is 1.67 bits per heavy atom. The van der Waals surface area contributed by atoms with E-state index in [2.05, 4.69) is 5.32 Å². The largest absolute Gasteiger partial charge is 0.350 e. The molecule has 1 amide bonds. The van der Waals surface area contributed by atoms with Crippen molar-refractivity contribution in [2.24, 2.45) is 0 Å². The fourth-order valence-electron chi connectivity index (χ4n) is 1.24. The van der Waals surface area contributed by atoms with Crippen LogP contribution in [-0.2, 0) is 4.79 Å². The van der Waals surface area contributed by atoms with Gasteiger partial charge in [0.15, 0.2) is 0 Å². The molecule has 0 saturated carbocycles. The maximum absolute atomic E-state index is 10.8. The molecule has 0 aromatic heterocycles. The van der Waals surface area contributed by atoms with Gasteiger partial charge in [0.1, 0.15) is 0 Å². The van der Waals surface area contributed by atoms with Gasteiger partial charge in [0.25, 0.3) is 0 Å². The van der Waals surface area contributed by atoms with E-state index in [1.54, 1.807) is 0 Å². The second-order valence-corrected chi connectivity index (χ2v) is 3.33. The van der Waals surface area contributed by atoms with E-state index in [4.69, 9.17) is 0 Å². The highest BCUT2D eigenvalue weighted by atomic mass is 16.1. The summed E-state index contributed by atoms with van der Waals surface area (Å²) in [7, 11) is 0. The third kappa shape index (κ3) is 5.21. The number of benzene rings is 1. The Hall–Kier alpha value is -1.31. The molecule has 1 aromatic rings. The van der Waals surface area contributed by atoms with Gasteiger partial charge in [-0.15, -0.1) is 0 Å². The summed E-state index contributed by atoms with van der Waals surface area (Å²) in [5, 5.41) is 2.84. The molecule has 0 saturated heterocycles. The van der Waals surface area contributed by atoms with Crippen molar-refractivity contribution in [1.29, 1.82) is 0 Å². The number of aryl methyl sites for hydroxylation is 1. The number of amides is 1. The lowest BCUT2D eigenvalue weighted by Crippen LogP contribution is -2.23. The SMILES string of the molecule is CC.CC(=O)NC(C)c1ccc(C)cc1. The molecule has 0 aliphatic carbocycles. The first-order valence-electron chi connectivity index (χ1n) is 5.43. The quantitative estimate of drug-likeness (QED) is 0.792. The van der Waals surface area contributed by atoms with Crippen LogP contribution in [-0.4, -0.2) is 5.91 Å². The van der Waals surface area contributed by atoms with Crippen LogP contribution in [0.5, 0.6) is 0 Å². The second-order valence-electron chi connectivity index (χ2n) is 3.33. The van der Waals surface area contributed by atoms with Crippen molar-refractivity contribution in [2.45, 2.75) is 40.7 Å². The van der Waals surface area contributed by atoms with Gasteiger partial charge in [0, 0.05) is 6.92 Å². The molecule has 1 rings (SSSR count). The van der Waals surface area contributed by atoms with E-state index in [9.17, 15) is 4.79 Å². The Morgan fingerprint density at radius 1 is 1.20 bits per heavy atom. The van der Waals surface area contributed by atoms with Crippen LogP contribution in [0.4, 0.5) is 0 Å². The van der Waals surface area contributed by atoms with Gasteiger partial charge in [-0.05, 0) is 19.4 Å². The van der Waals surface area contributed by atoms with Gasteiger partial charge >= 0.3 is 0 Å². The van der Waals surface area contributed by atoms with E-state index < -0.39 is 0 Å². The first-order valence-corrected chi connectivity index (χ1v) is 5.43. The molecule has 84 valence electrons. The molecule has 1 N–H and O–H groups in total. The third-order valence-electron chi connectivity index (χ3n) is 2.00. The molecule has 2 heteroatoms. The smallest absolute Gasteiger partial charge is 0.217 e. The molecule has 0 aliphatic rings. The summed E-state index contributed by atoms with van der Waals surface area (Å²) in [4.78, 5) is 10.8. The number of hydrogen-bond donors (Lipinski definition) is 1. The van der Waals surface area contributed by atoms with Gasteiger partial charge in [-0.1, -0.05) is 43.7 Å². The van der Waals surface area contributed by atoms with Crippen LogP contribution in [0, 0.1) is 6.92 Å². The van der Waals surface area contributed by atoms with E-state index in [1.807, 2.05) is 52.0 Å². The van der Waals surface area contributed by atoms with Crippen LogP contribution in [0.3, 0.4) is 0 Å². The Balaban J connectivity index is 0.000000921. The van der Waals surface area contributed by atoms with Crippen LogP contribution in [0.15, 0.2) is 24.3 Å². The summed E-state index contributed by atoms with van der Waals surface area (Å²) in [5.74, 6) is 0.00748. The van der Waals surface area contributed by atoms with E-state index in [1.165, 1.54) is 12.5 Å². The topological polar surface area (TPSA) is 29.1 Å². The zero-order chi connectivity index (χ0) is 11.8. The Kier molecular flexibility index (Phi) is 6.43. The molecular formula is C13H21NO. The van der Waals surface area contributed by atoms with Gasteiger partial charge in [-0.25, -0.2) is 0 Å². The standard InChI is InChI=1S/C11H15NO.C2H6/c1-8-4-6-11(7-5-8)9(2)12-10(3)13;1-2/h4-7,9H,1-3H3,(H,12,13);1-2H3. The lowest BCUT2D eigenvalue weighted by molar-refractivity contribution is -0.119. The first-order chi connectivity index (χ1) is 7.09.